The van der Waals surface area contributed by atoms with Crippen LogP contribution in [0.2, 0.25) is 0 Å². The lowest BCUT2D eigenvalue weighted by atomic mass is 10.0. The number of likely N-dealkylation sites (tertiary alicyclic amines) is 2. The maximum atomic E-state index is 13.9. The van der Waals surface area contributed by atoms with Gasteiger partial charge in [-0.25, -0.2) is 9.59 Å². The molecule has 466 valence electrons. The van der Waals surface area contributed by atoms with Crippen LogP contribution in [-0.4, -0.2) is 181 Å². The molecular formula is C65H83IN16O4S2. The van der Waals surface area contributed by atoms with Crippen molar-refractivity contribution < 1.29 is 47.6 Å². The molecule has 4 saturated heterocycles. The summed E-state index contributed by atoms with van der Waals surface area (Å²) in [6.45, 7) is 15.0. The summed E-state index contributed by atoms with van der Waals surface area (Å²) >= 11 is 11.9. The molecule has 2 aromatic heterocycles. The topological polar surface area (TPSA) is 175 Å². The van der Waals surface area contributed by atoms with Crippen molar-refractivity contribution >= 4 is 92.7 Å². The third kappa shape index (κ3) is 14.0. The van der Waals surface area contributed by atoms with Crippen molar-refractivity contribution in [3.8, 4) is 0 Å². The fraction of sp³-hybridized carbons (Fsp3) is 0.446. The lowest BCUT2D eigenvalue weighted by molar-refractivity contribution is -0.888. The number of anilines is 6. The first kappa shape index (κ1) is 63.8. The van der Waals surface area contributed by atoms with Crippen LogP contribution in [0, 0.1) is 13.8 Å². The number of para-hydroxylation sites is 4. The minimum Gasteiger partial charge on any atom is -1.00 e. The first-order valence-corrected chi connectivity index (χ1v) is 31.5. The third-order valence-corrected chi connectivity index (χ3v) is 19.3. The number of rotatable bonds is 8. The van der Waals surface area contributed by atoms with Gasteiger partial charge in [-0.1, -0.05) is 60.8 Å². The van der Waals surface area contributed by atoms with E-state index >= 15 is 0 Å². The van der Waals surface area contributed by atoms with Crippen LogP contribution in [0.25, 0.3) is 0 Å². The molecule has 4 fully saturated rings. The second-order valence-electron chi connectivity index (χ2n) is 24.7. The fourth-order valence-corrected chi connectivity index (χ4v) is 13.8. The SMILES string of the molecule is Cc1cc(C(=O)N2Cc3cnn(C)c3Nc3ccccc32)ccc1CNC(=O)N1CCC[C@H]1C(=S)N1CCCN(C)CC1.Cc1cc(C(=O)N2Cc3cnn(C)c3Nc3ccccc32)ccc1CNC(=O)N1CCC[C@H]1C(=S)N1CCC[N+](C)(C)CC1.[I-]. The highest BCUT2D eigenvalue weighted by Crippen LogP contribution is 2.38. The minimum atomic E-state index is -0.0858. The Hall–Kier alpha value is -7.19. The molecule has 6 amide bonds. The van der Waals surface area contributed by atoms with E-state index in [1.165, 1.54) is 0 Å². The Labute approximate surface area is 545 Å². The molecule has 8 heterocycles. The number of likely N-dealkylation sites (N-methyl/N-ethyl adjacent to an activating group) is 2. The molecule has 0 saturated carbocycles. The fourth-order valence-electron chi connectivity index (χ4n) is 12.9. The Morgan fingerprint density at radius 2 is 1.03 bits per heavy atom. The molecule has 0 bridgehead atoms. The van der Waals surface area contributed by atoms with E-state index < -0.39 is 0 Å². The van der Waals surface area contributed by atoms with Gasteiger partial charge in [0.25, 0.3) is 11.8 Å². The molecule has 6 aliphatic rings. The van der Waals surface area contributed by atoms with Gasteiger partial charge in [-0.05, 0) is 130 Å². The molecule has 20 nitrogen and oxygen atoms in total. The monoisotopic (exact) mass is 1340 g/mol. The molecule has 4 N–H and O–H groups in total. The Morgan fingerprint density at radius 3 is 1.52 bits per heavy atom. The van der Waals surface area contributed by atoms with E-state index in [1.54, 1.807) is 31.6 Å². The number of quaternary nitrogens is 1. The number of benzene rings is 4. The average molecular weight is 1340 g/mol. The third-order valence-electron chi connectivity index (χ3n) is 18.2. The summed E-state index contributed by atoms with van der Waals surface area (Å²) in [5.41, 5.74) is 10.3. The van der Waals surface area contributed by atoms with Crippen molar-refractivity contribution in [2.75, 3.05) is 107 Å². The van der Waals surface area contributed by atoms with Gasteiger partial charge in [-0.2, -0.15) is 10.2 Å². The van der Waals surface area contributed by atoms with Crippen molar-refractivity contribution in [2.45, 2.75) is 90.6 Å². The molecule has 0 spiro atoms. The molecule has 0 radical (unpaired) electrons. The zero-order valence-corrected chi connectivity index (χ0v) is 55.5. The number of nitrogens with zero attached hydrogens (tertiary/aromatic N) is 12. The van der Waals surface area contributed by atoms with Crippen LogP contribution < -0.4 is 55.0 Å². The number of halogens is 1. The van der Waals surface area contributed by atoms with E-state index in [0.717, 1.165) is 173 Å². The van der Waals surface area contributed by atoms with Crippen molar-refractivity contribution in [1.29, 1.82) is 0 Å². The number of thiocarbonyl (C=S) groups is 2. The number of nitrogens with one attached hydrogen (secondary N) is 4. The number of urea groups is 2. The lowest BCUT2D eigenvalue weighted by Crippen LogP contribution is -3.00. The summed E-state index contributed by atoms with van der Waals surface area (Å²) in [6, 6.07) is 26.8. The van der Waals surface area contributed by atoms with Crippen LogP contribution in [0.3, 0.4) is 0 Å². The van der Waals surface area contributed by atoms with E-state index in [-0.39, 0.29) is 59.9 Å². The maximum Gasteiger partial charge on any atom is 0.318 e. The molecule has 6 aromatic rings. The predicted molar refractivity (Wildman–Crippen MR) is 350 cm³/mol. The van der Waals surface area contributed by atoms with Crippen molar-refractivity contribution in [1.82, 2.24) is 54.7 Å². The summed E-state index contributed by atoms with van der Waals surface area (Å²) in [5.74, 6) is 1.59. The van der Waals surface area contributed by atoms with Crippen molar-refractivity contribution in [3.05, 3.63) is 142 Å². The van der Waals surface area contributed by atoms with Crippen LogP contribution in [0.15, 0.2) is 97.3 Å². The van der Waals surface area contributed by atoms with Gasteiger partial charge in [0.2, 0.25) is 0 Å². The van der Waals surface area contributed by atoms with Crippen molar-refractivity contribution in [3.63, 3.8) is 0 Å². The minimum absolute atomic E-state index is 0. The number of fused-ring (bicyclic) bond motifs is 4. The zero-order chi connectivity index (χ0) is 61.1. The summed E-state index contributed by atoms with van der Waals surface area (Å²) < 4.78 is 4.59. The Balaban J connectivity index is 0.000000192. The van der Waals surface area contributed by atoms with E-state index in [2.05, 4.69) is 67.3 Å². The summed E-state index contributed by atoms with van der Waals surface area (Å²) in [4.78, 5) is 70.7. The van der Waals surface area contributed by atoms with E-state index in [9.17, 15) is 19.2 Å². The highest BCUT2D eigenvalue weighted by atomic mass is 127. The number of hydrogen-bond acceptors (Lipinski definition) is 11. The molecule has 6 aliphatic heterocycles. The van der Waals surface area contributed by atoms with Crippen LogP contribution in [-0.2, 0) is 40.3 Å². The Kier molecular flexibility index (Phi) is 20.1. The van der Waals surface area contributed by atoms with Crippen LogP contribution in [0.1, 0.15) is 92.6 Å². The van der Waals surface area contributed by atoms with Crippen LogP contribution in [0.4, 0.5) is 44.0 Å². The molecule has 88 heavy (non-hydrogen) atoms. The molecule has 12 rings (SSSR count). The smallest absolute Gasteiger partial charge is 0.318 e. The largest absolute Gasteiger partial charge is 1.00 e. The highest BCUT2D eigenvalue weighted by molar-refractivity contribution is 7.80. The highest BCUT2D eigenvalue weighted by Gasteiger charge is 2.37. The first-order valence-electron chi connectivity index (χ1n) is 30.6. The van der Waals surface area contributed by atoms with Crippen molar-refractivity contribution in [2.24, 2.45) is 14.1 Å². The van der Waals surface area contributed by atoms with Gasteiger partial charge < -0.3 is 84.0 Å². The van der Waals surface area contributed by atoms with Gasteiger partial charge >= 0.3 is 12.1 Å². The Morgan fingerprint density at radius 1 is 0.568 bits per heavy atom. The van der Waals surface area contributed by atoms with Gasteiger partial charge in [-0.15, -0.1) is 0 Å². The normalized spacial score (nSPS) is 18.9. The number of hydrogen-bond donors (Lipinski definition) is 4. The predicted octanol–water partition coefficient (Wildman–Crippen LogP) is 5.69. The number of aryl methyl sites for hydroxylation is 4. The molecule has 23 heteroatoms. The van der Waals surface area contributed by atoms with Crippen LogP contribution >= 0.6 is 24.4 Å². The molecule has 0 aliphatic carbocycles. The molecule has 4 aromatic carbocycles. The van der Waals surface area contributed by atoms with Gasteiger partial charge in [0, 0.05) is 95.1 Å². The first-order chi connectivity index (χ1) is 41.9. The molecule has 2 atom stereocenters. The molecular weight excluding hydrogens is 1260 g/mol. The van der Waals surface area contributed by atoms with Gasteiger partial charge in [0.15, 0.2) is 0 Å². The average Bonchev–Trinajstić information content (AvgIpc) is 2.19. The maximum absolute atomic E-state index is 13.9. The number of aromatic nitrogens is 4. The van der Waals surface area contributed by atoms with Gasteiger partial charge in [0.1, 0.15) is 21.6 Å². The number of carbonyl (C=O) groups is 4. The quantitative estimate of drug-likeness (QED) is 0.0833. The summed E-state index contributed by atoms with van der Waals surface area (Å²) in [7, 11) is 10.5. The Bertz CT molecular complexity index is 3590. The standard InChI is InChI=1S/C33H42N8O2S.C32H40N8O2S.HI/c1-23-19-24(31(42)40-22-26-21-35-37(2)30(26)36-27-9-5-6-10-28(27)40)12-13-25(23)20-34-33(43)39-15-7-11-29(39)32(44)38-14-8-17-41(3,4)18-16-38;1-22-18-23(30(41)40-21-25-20-34-37(3)29(25)35-26-8-4-5-9-27(26)40)11-12-24(22)19-33-32(42)39-15-6-10-28(39)31(43)38-14-7-13-36(2)16-17-38;/h5-6,9-10,12-13,19,21,29H,7-8,11,14-18,20,22H2,1-4H3,(H-,34,35,36,43);4-5,8-9,11-12,18,20,28,35H,6-7,10,13-17,19,21H2,1-3H3,(H,33,42);1H/t29-;28-;/m00./s1. The second kappa shape index (κ2) is 27.7. The number of amides is 6. The van der Waals surface area contributed by atoms with E-state index in [0.29, 0.717) is 50.4 Å². The zero-order valence-electron chi connectivity index (χ0n) is 51.7. The summed E-state index contributed by atoms with van der Waals surface area (Å²) in [6.07, 6.45) is 9.52. The van der Waals surface area contributed by atoms with Gasteiger partial charge in [0.05, 0.1) is 94.0 Å². The van der Waals surface area contributed by atoms with E-state index in [4.69, 9.17) is 24.4 Å². The molecule has 0 unspecified atom stereocenters. The number of carbonyl (C=O) groups excluding carboxylic acids is 4. The van der Waals surface area contributed by atoms with Crippen LogP contribution in [0.5, 0.6) is 0 Å². The van der Waals surface area contributed by atoms with E-state index in [1.807, 2.05) is 123 Å². The lowest BCUT2D eigenvalue weighted by Gasteiger charge is -2.32. The summed E-state index contributed by atoms with van der Waals surface area (Å²) in [5, 5.41) is 21.9. The van der Waals surface area contributed by atoms with Gasteiger partial charge in [-0.3, -0.25) is 19.0 Å². The second-order valence-corrected chi connectivity index (χ2v) is 25.5.